The molecule has 0 bridgehead atoms. The topological polar surface area (TPSA) is 41.1 Å². The van der Waals surface area contributed by atoms with Gasteiger partial charge in [0.2, 0.25) is 0 Å². The standard InChI is InChI=1S/C9H16N4S/c1-9(2)7-13(4-3-10-9)5-8-6-14-12-11-8/h6,10H,3-5,7H2,1-2H3. The molecule has 0 aliphatic carbocycles. The highest BCUT2D eigenvalue weighted by Crippen LogP contribution is 2.12. The van der Waals surface area contributed by atoms with Gasteiger partial charge in [-0.1, -0.05) is 4.49 Å². The summed E-state index contributed by atoms with van der Waals surface area (Å²) >= 11 is 1.42. The molecule has 0 aromatic carbocycles. The molecule has 0 unspecified atom stereocenters. The highest BCUT2D eigenvalue weighted by Gasteiger charge is 2.25. The summed E-state index contributed by atoms with van der Waals surface area (Å²) in [6.07, 6.45) is 0. The zero-order chi connectivity index (χ0) is 10.0. The van der Waals surface area contributed by atoms with Crippen LogP contribution >= 0.6 is 11.5 Å². The van der Waals surface area contributed by atoms with Gasteiger partial charge in [-0.15, -0.1) is 5.10 Å². The molecule has 0 radical (unpaired) electrons. The predicted molar refractivity (Wildman–Crippen MR) is 57.3 cm³/mol. The largest absolute Gasteiger partial charge is 0.309 e. The van der Waals surface area contributed by atoms with Crippen molar-refractivity contribution in [2.24, 2.45) is 0 Å². The first-order valence-corrected chi connectivity index (χ1v) is 5.73. The van der Waals surface area contributed by atoms with Crippen LogP contribution in [0.15, 0.2) is 5.38 Å². The van der Waals surface area contributed by atoms with Gasteiger partial charge in [-0.3, -0.25) is 4.90 Å². The Balaban J connectivity index is 1.92. The van der Waals surface area contributed by atoms with Crippen LogP contribution in [0.1, 0.15) is 19.5 Å². The fourth-order valence-corrected chi connectivity index (χ4v) is 2.31. The van der Waals surface area contributed by atoms with Gasteiger partial charge in [-0.2, -0.15) is 0 Å². The fraction of sp³-hybridized carbons (Fsp3) is 0.778. The summed E-state index contributed by atoms with van der Waals surface area (Å²) in [6.45, 7) is 8.63. The third kappa shape index (κ3) is 2.50. The third-order valence-corrected chi connectivity index (χ3v) is 2.99. The zero-order valence-electron chi connectivity index (χ0n) is 8.66. The first-order valence-electron chi connectivity index (χ1n) is 4.89. The normalized spacial score (nSPS) is 22.4. The smallest absolute Gasteiger partial charge is 0.0895 e. The molecule has 2 heterocycles. The Morgan fingerprint density at radius 1 is 1.64 bits per heavy atom. The van der Waals surface area contributed by atoms with Crippen molar-refractivity contribution in [1.82, 2.24) is 19.8 Å². The molecule has 1 fully saturated rings. The van der Waals surface area contributed by atoms with Crippen LogP contribution in [0.2, 0.25) is 0 Å². The lowest BCUT2D eigenvalue weighted by molar-refractivity contribution is 0.147. The van der Waals surface area contributed by atoms with E-state index in [4.69, 9.17) is 0 Å². The van der Waals surface area contributed by atoms with E-state index >= 15 is 0 Å². The molecule has 0 amide bonds. The molecule has 14 heavy (non-hydrogen) atoms. The Labute approximate surface area is 88.5 Å². The SMILES string of the molecule is CC1(C)CN(Cc2csnn2)CCN1. The van der Waals surface area contributed by atoms with Gasteiger partial charge < -0.3 is 5.32 Å². The van der Waals surface area contributed by atoms with Crippen molar-refractivity contribution in [3.63, 3.8) is 0 Å². The Morgan fingerprint density at radius 3 is 3.14 bits per heavy atom. The fourth-order valence-electron chi connectivity index (χ4n) is 1.86. The molecular formula is C9H16N4S. The molecule has 1 saturated heterocycles. The van der Waals surface area contributed by atoms with E-state index in [9.17, 15) is 0 Å². The molecule has 0 saturated carbocycles. The molecule has 2 rings (SSSR count). The second-order valence-electron chi connectivity index (χ2n) is 4.42. The minimum Gasteiger partial charge on any atom is -0.309 e. The van der Waals surface area contributed by atoms with Gasteiger partial charge in [0.1, 0.15) is 0 Å². The van der Waals surface area contributed by atoms with Gasteiger partial charge in [0.05, 0.1) is 5.69 Å². The van der Waals surface area contributed by atoms with Gasteiger partial charge in [0.25, 0.3) is 0 Å². The Bertz CT molecular complexity index is 283. The van der Waals surface area contributed by atoms with E-state index in [0.717, 1.165) is 31.9 Å². The summed E-state index contributed by atoms with van der Waals surface area (Å²) in [5.74, 6) is 0. The van der Waals surface area contributed by atoms with Gasteiger partial charge in [-0.05, 0) is 25.4 Å². The Hall–Kier alpha value is -0.520. The number of aromatic nitrogens is 2. The Kier molecular flexibility index (Phi) is 2.80. The molecule has 1 aromatic rings. The van der Waals surface area contributed by atoms with Crippen LogP contribution in [0.3, 0.4) is 0 Å². The van der Waals surface area contributed by atoms with Crippen LogP contribution in [-0.2, 0) is 6.54 Å². The average Bonchev–Trinajstić information content (AvgIpc) is 2.54. The van der Waals surface area contributed by atoms with Crippen LogP contribution in [0.25, 0.3) is 0 Å². The molecule has 1 N–H and O–H groups in total. The van der Waals surface area contributed by atoms with E-state index < -0.39 is 0 Å². The van der Waals surface area contributed by atoms with E-state index in [2.05, 4.69) is 33.7 Å². The highest BCUT2D eigenvalue weighted by atomic mass is 32.1. The van der Waals surface area contributed by atoms with E-state index in [-0.39, 0.29) is 5.54 Å². The van der Waals surface area contributed by atoms with Crippen molar-refractivity contribution in [1.29, 1.82) is 0 Å². The van der Waals surface area contributed by atoms with Crippen LogP contribution in [0.4, 0.5) is 0 Å². The summed E-state index contributed by atoms with van der Waals surface area (Å²) in [4.78, 5) is 2.42. The van der Waals surface area contributed by atoms with Gasteiger partial charge in [0, 0.05) is 37.1 Å². The third-order valence-electron chi connectivity index (χ3n) is 2.44. The molecule has 1 aromatic heterocycles. The van der Waals surface area contributed by atoms with Gasteiger partial charge >= 0.3 is 0 Å². The van der Waals surface area contributed by atoms with Crippen molar-refractivity contribution < 1.29 is 0 Å². The lowest BCUT2D eigenvalue weighted by atomic mass is 10.0. The monoisotopic (exact) mass is 212 g/mol. The van der Waals surface area contributed by atoms with Gasteiger partial charge in [0.15, 0.2) is 0 Å². The second kappa shape index (κ2) is 3.92. The van der Waals surface area contributed by atoms with Crippen LogP contribution in [0, 0.1) is 0 Å². The average molecular weight is 212 g/mol. The number of hydrogen-bond acceptors (Lipinski definition) is 5. The van der Waals surface area contributed by atoms with E-state index in [1.165, 1.54) is 11.5 Å². The summed E-state index contributed by atoms with van der Waals surface area (Å²) in [5.41, 5.74) is 1.31. The Morgan fingerprint density at radius 2 is 2.50 bits per heavy atom. The quantitative estimate of drug-likeness (QED) is 0.784. The van der Waals surface area contributed by atoms with Crippen LogP contribution < -0.4 is 5.32 Å². The number of piperazine rings is 1. The predicted octanol–water partition coefficient (Wildman–Crippen LogP) is 0.722. The molecule has 0 atom stereocenters. The van der Waals surface area contributed by atoms with Crippen LogP contribution in [0.5, 0.6) is 0 Å². The molecule has 1 aliphatic rings. The van der Waals surface area contributed by atoms with E-state index in [1.807, 2.05) is 5.38 Å². The van der Waals surface area contributed by atoms with Gasteiger partial charge in [-0.25, -0.2) is 0 Å². The first kappa shape index (κ1) is 10.0. The molecule has 78 valence electrons. The number of nitrogens with zero attached hydrogens (tertiary/aromatic N) is 3. The summed E-state index contributed by atoms with van der Waals surface area (Å²) in [7, 11) is 0. The summed E-state index contributed by atoms with van der Waals surface area (Å²) < 4.78 is 3.87. The minimum absolute atomic E-state index is 0.224. The van der Waals surface area contributed by atoms with E-state index in [0.29, 0.717) is 0 Å². The minimum atomic E-state index is 0.224. The first-order chi connectivity index (χ1) is 6.66. The van der Waals surface area contributed by atoms with Crippen molar-refractivity contribution >= 4 is 11.5 Å². The zero-order valence-corrected chi connectivity index (χ0v) is 9.47. The lowest BCUT2D eigenvalue weighted by Crippen LogP contribution is -2.56. The number of rotatable bonds is 2. The van der Waals surface area contributed by atoms with Crippen molar-refractivity contribution in [2.75, 3.05) is 19.6 Å². The number of hydrogen-bond donors (Lipinski definition) is 1. The molecular weight excluding hydrogens is 196 g/mol. The molecule has 4 nitrogen and oxygen atoms in total. The highest BCUT2D eigenvalue weighted by molar-refractivity contribution is 7.03. The lowest BCUT2D eigenvalue weighted by Gasteiger charge is -2.38. The molecule has 0 spiro atoms. The maximum atomic E-state index is 4.06. The van der Waals surface area contributed by atoms with Crippen LogP contribution in [-0.4, -0.2) is 39.7 Å². The van der Waals surface area contributed by atoms with E-state index in [1.54, 1.807) is 0 Å². The maximum absolute atomic E-state index is 4.06. The van der Waals surface area contributed by atoms with Crippen molar-refractivity contribution in [2.45, 2.75) is 25.9 Å². The number of nitrogens with one attached hydrogen (secondary N) is 1. The molecule has 5 heteroatoms. The maximum Gasteiger partial charge on any atom is 0.0895 e. The molecule has 1 aliphatic heterocycles. The summed E-state index contributed by atoms with van der Waals surface area (Å²) in [6, 6.07) is 0. The summed E-state index contributed by atoms with van der Waals surface area (Å²) in [5, 5.41) is 9.58. The van der Waals surface area contributed by atoms with Crippen molar-refractivity contribution in [3.05, 3.63) is 11.1 Å². The van der Waals surface area contributed by atoms with Crippen molar-refractivity contribution in [3.8, 4) is 0 Å². The second-order valence-corrected chi connectivity index (χ2v) is 5.03.